The van der Waals surface area contributed by atoms with Crippen LogP contribution >= 0.6 is 11.6 Å². The Bertz CT molecular complexity index is 546. The van der Waals surface area contributed by atoms with E-state index in [4.69, 9.17) is 21.4 Å². The van der Waals surface area contributed by atoms with Crippen molar-refractivity contribution in [3.05, 3.63) is 52.2 Å². The third-order valence-electron chi connectivity index (χ3n) is 2.61. The molecule has 0 bridgehead atoms. The van der Waals surface area contributed by atoms with Crippen LogP contribution in [0.3, 0.4) is 0 Å². The van der Waals surface area contributed by atoms with Crippen molar-refractivity contribution in [1.29, 1.82) is 0 Å². The molecule has 0 unspecified atom stereocenters. The van der Waals surface area contributed by atoms with Gasteiger partial charge in [-0.1, -0.05) is 11.6 Å². The van der Waals surface area contributed by atoms with E-state index in [1.165, 1.54) is 0 Å². The second-order valence-electron chi connectivity index (χ2n) is 4.13. The topological polar surface area (TPSA) is 42.4 Å². The summed E-state index contributed by atoms with van der Waals surface area (Å²) in [5, 5.41) is 9.76. The number of pyridine rings is 1. The van der Waals surface area contributed by atoms with Gasteiger partial charge in [-0.15, -0.1) is 0 Å². The fourth-order valence-electron chi connectivity index (χ4n) is 1.77. The molecule has 4 heteroatoms. The molecule has 0 saturated heterocycles. The van der Waals surface area contributed by atoms with Crippen molar-refractivity contribution in [2.75, 3.05) is 0 Å². The third-order valence-corrected chi connectivity index (χ3v) is 2.83. The zero-order chi connectivity index (χ0) is 13.1. The van der Waals surface area contributed by atoms with Crippen molar-refractivity contribution in [2.24, 2.45) is 0 Å². The van der Waals surface area contributed by atoms with Gasteiger partial charge < -0.3 is 9.84 Å². The van der Waals surface area contributed by atoms with Gasteiger partial charge in [0.05, 0.1) is 6.61 Å². The van der Waals surface area contributed by atoms with Crippen molar-refractivity contribution in [1.82, 2.24) is 4.98 Å². The van der Waals surface area contributed by atoms with Gasteiger partial charge in [0.15, 0.2) is 0 Å². The standard InChI is InChI=1S/C14H14ClNO2/c1-9-5-12(15)6-10(2)14(9)18-13-7-11(8-17)3-4-16-13/h3-7,17H,8H2,1-2H3. The summed E-state index contributed by atoms with van der Waals surface area (Å²) in [6.07, 6.45) is 1.61. The van der Waals surface area contributed by atoms with Gasteiger partial charge in [-0.25, -0.2) is 4.98 Å². The Morgan fingerprint density at radius 1 is 1.22 bits per heavy atom. The lowest BCUT2D eigenvalue weighted by molar-refractivity contribution is 0.281. The summed E-state index contributed by atoms with van der Waals surface area (Å²) in [6.45, 7) is 3.84. The number of halogens is 1. The summed E-state index contributed by atoms with van der Waals surface area (Å²) in [5.74, 6) is 1.22. The maximum absolute atomic E-state index is 9.07. The Hall–Kier alpha value is -1.58. The summed E-state index contributed by atoms with van der Waals surface area (Å²) in [5.41, 5.74) is 2.68. The van der Waals surface area contributed by atoms with Gasteiger partial charge in [0.1, 0.15) is 5.75 Å². The van der Waals surface area contributed by atoms with Crippen molar-refractivity contribution in [2.45, 2.75) is 20.5 Å². The van der Waals surface area contributed by atoms with Crippen molar-refractivity contribution in [3.63, 3.8) is 0 Å². The van der Waals surface area contributed by atoms with Gasteiger partial charge in [0.2, 0.25) is 5.88 Å². The van der Waals surface area contributed by atoms with Gasteiger partial charge in [0, 0.05) is 17.3 Å². The minimum Gasteiger partial charge on any atom is -0.438 e. The fourth-order valence-corrected chi connectivity index (χ4v) is 2.09. The highest BCUT2D eigenvalue weighted by molar-refractivity contribution is 6.30. The predicted molar refractivity (Wildman–Crippen MR) is 71.2 cm³/mol. The molecule has 0 radical (unpaired) electrons. The van der Waals surface area contributed by atoms with Crippen LogP contribution in [-0.2, 0) is 6.61 Å². The van der Waals surface area contributed by atoms with Gasteiger partial charge in [-0.2, -0.15) is 0 Å². The van der Waals surface area contributed by atoms with Gasteiger partial charge >= 0.3 is 0 Å². The molecule has 2 aromatic rings. The average Bonchev–Trinajstić information content (AvgIpc) is 2.34. The van der Waals surface area contributed by atoms with E-state index >= 15 is 0 Å². The smallest absolute Gasteiger partial charge is 0.219 e. The molecule has 1 aromatic heterocycles. The minimum absolute atomic E-state index is 0.0303. The first-order chi connectivity index (χ1) is 8.60. The zero-order valence-electron chi connectivity index (χ0n) is 10.3. The van der Waals surface area contributed by atoms with Gasteiger partial charge in [0.25, 0.3) is 0 Å². The van der Waals surface area contributed by atoms with Crippen LogP contribution in [0.15, 0.2) is 30.5 Å². The summed E-state index contributed by atoms with van der Waals surface area (Å²) in [7, 11) is 0. The molecule has 0 aliphatic heterocycles. The molecule has 0 atom stereocenters. The summed E-state index contributed by atoms with van der Waals surface area (Å²) in [4.78, 5) is 4.12. The largest absolute Gasteiger partial charge is 0.438 e. The van der Waals surface area contributed by atoms with Crippen LogP contribution < -0.4 is 4.74 Å². The van der Waals surface area contributed by atoms with Crippen LogP contribution in [-0.4, -0.2) is 10.1 Å². The molecular weight excluding hydrogens is 250 g/mol. The Kier molecular flexibility index (Phi) is 3.84. The van der Waals surface area contributed by atoms with E-state index in [0.717, 1.165) is 22.4 Å². The number of aliphatic hydroxyl groups excluding tert-OH is 1. The molecule has 0 amide bonds. The molecule has 3 nitrogen and oxygen atoms in total. The van der Waals surface area contributed by atoms with Crippen molar-refractivity contribution < 1.29 is 9.84 Å². The number of hydrogen-bond acceptors (Lipinski definition) is 3. The summed E-state index contributed by atoms with van der Waals surface area (Å²) < 4.78 is 5.76. The van der Waals surface area contributed by atoms with Crippen LogP contribution in [0.2, 0.25) is 5.02 Å². The van der Waals surface area contributed by atoms with Crippen LogP contribution in [0.25, 0.3) is 0 Å². The maximum atomic E-state index is 9.07. The lowest BCUT2D eigenvalue weighted by Crippen LogP contribution is -1.94. The monoisotopic (exact) mass is 263 g/mol. The summed E-state index contributed by atoms with van der Waals surface area (Å²) >= 11 is 5.97. The SMILES string of the molecule is Cc1cc(Cl)cc(C)c1Oc1cc(CO)ccn1. The second kappa shape index (κ2) is 5.38. The van der Waals surface area contributed by atoms with Crippen molar-refractivity contribution >= 4 is 11.6 Å². The van der Waals surface area contributed by atoms with Gasteiger partial charge in [-0.3, -0.25) is 0 Å². The van der Waals surface area contributed by atoms with Crippen LogP contribution in [0.5, 0.6) is 11.6 Å². The normalized spacial score (nSPS) is 10.4. The molecule has 1 aromatic carbocycles. The number of benzene rings is 1. The Morgan fingerprint density at radius 2 is 1.89 bits per heavy atom. The maximum Gasteiger partial charge on any atom is 0.219 e. The van der Waals surface area contributed by atoms with Crippen LogP contribution in [0.4, 0.5) is 0 Å². The molecule has 0 spiro atoms. The number of aliphatic hydroxyl groups is 1. The highest BCUT2D eigenvalue weighted by atomic mass is 35.5. The lowest BCUT2D eigenvalue weighted by Gasteiger charge is -2.11. The second-order valence-corrected chi connectivity index (χ2v) is 4.57. The molecule has 0 fully saturated rings. The first-order valence-corrected chi connectivity index (χ1v) is 5.98. The molecule has 18 heavy (non-hydrogen) atoms. The third kappa shape index (κ3) is 2.81. The van der Waals surface area contributed by atoms with Crippen LogP contribution in [0, 0.1) is 13.8 Å². The average molecular weight is 264 g/mol. The Labute approximate surface area is 111 Å². The highest BCUT2D eigenvalue weighted by Crippen LogP contribution is 2.30. The number of aryl methyl sites for hydroxylation is 2. The summed E-state index contributed by atoms with van der Waals surface area (Å²) in [6, 6.07) is 7.15. The molecule has 0 aliphatic rings. The van der Waals surface area contributed by atoms with E-state index in [1.807, 2.05) is 26.0 Å². The number of ether oxygens (including phenoxy) is 1. The van der Waals surface area contributed by atoms with Crippen molar-refractivity contribution in [3.8, 4) is 11.6 Å². The first-order valence-electron chi connectivity index (χ1n) is 5.60. The number of nitrogens with zero attached hydrogens (tertiary/aromatic N) is 1. The molecule has 94 valence electrons. The number of hydrogen-bond donors (Lipinski definition) is 1. The quantitative estimate of drug-likeness (QED) is 0.919. The molecule has 1 N–H and O–H groups in total. The predicted octanol–water partition coefficient (Wildman–Crippen LogP) is 3.64. The Morgan fingerprint density at radius 3 is 2.50 bits per heavy atom. The minimum atomic E-state index is -0.0303. The molecular formula is C14H14ClNO2. The first kappa shape index (κ1) is 12.9. The van der Waals surface area contributed by atoms with E-state index < -0.39 is 0 Å². The molecule has 0 aliphatic carbocycles. The van der Waals surface area contributed by atoms with E-state index in [-0.39, 0.29) is 6.61 Å². The highest BCUT2D eigenvalue weighted by Gasteiger charge is 2.08. The molecule has 1 heterocycles. The number of aromatic nitrogens is 1. The van der Waals surface area contributed by atoms with Gasteiger partial charge in [-0.05, 0) is 48.7 Å². The van der Waals surface area contributed by atoms with E-state index in [2.05, 4.69) is 4.98 Å². The van der Waals surface area contributed by atoms with E-state index in [1.54, 1.807) is 18.3 Å². The fraction of sp³-hybridized carbons (Fsp3) is 0.214. The Balaban J connectivity index is 2.33. The zero-order valence-corrected chi connectivity index (χ0v) is 11.0. The number of rotatable bonds is 3. The lowest BCUT2D eigenvalue weighted by atomic mass is 10.1. The van der Waals surface area contributed by atoms with E-state index in [0.29, 0.717) is 10.9 Å². The van der Waals surface area contributed by atoms with Crippen LogP contribution in [0.1, 0.15) is 16.7 Å². The molecule has 2 rings (SSSR count). The molecule has 0 saturated carbocycles. The van der Waals surface area contributed by atoms with E-state index in [9.17, 15) is 0 Å².